The Morgan fingerprint density at radius 3 is 2.50 bits per heavy atom. The van der Waals surface area contributed by atoms with Crippen molar-refractivity contribution >= 4 is 17.7 Å². The molecule has 1 amide bonds. The van der Waals surface area contributed by atoms with Crippen LogP contribution < -0.4 is 5.32 Å². The van der Waals surface area contributed by atoms with Crippen LogP contribution in [0.5, 0.6) is 0 Å². The Balaban J connectivity index is 1.62. The molecule has 1 N–H and O–H groups in total. The minimum atomic E-state index is -0.304. The van der Waals surface area contributed by atoms with Gasteiger partial charge in [0.2, 0.25) is 11.1 Å². The van der Waals surface area contributed by atoms with Gasteiger partial charge in [0, 0.05) is 6.54 Å². The normalized spacial score (nSPS) is 11.9. The molecule has 24 heavy (non-hydrogen) atoms. The lowest BCUT2D eigenvalue weighted by Gasteiger charge is -2.11. The highest BCUT2D eigenvalue weighted by Crippen LogP contribution is 2.22. The number of rotatable bonds is 6. The van der Waals surface area contributed by atoms with Gasteiger partial charge in [-0.15, -0.1) is 5.10 Å². The number of hydrogen-bond acceptors (Lipinski definition) is 5. The molecular formula is C17H17N5OS. The van der Waals surface area contributed by atoms with Gasteiger partial charge >= 0.3 is 0 Å². The van der Waals surface area contributed by atoms with Crippen molar-refractivity contribution in [2.24, 2.45) is 0 Å². The molecule has 1 atom stereocenters. The SMILES string of the molecule is CC(Sc1nnnn1-c1ccccc1)C(=O)NCc1ccccc1. The Bertz CT molecular complexity index is 791. The summed E-state index contributed by atoms with van der Waals surface area (Å²) in [6.07, 6.45) is 0. The van der Waals surface area contributed by atoms with Crippen LogP contribution in [0.4, 0.5) is 0 Å². The lowest BCUT2D eigenvalue weighted by Crippen LogP contribution is -2.30. The number of aromatic nitrogens is 4. The molecule has 0 fully saturated rings. The molecule has 0 spiro atoms. The van der Waals surface area contributed by atoms with Gasteiger partial charge in [-0.3, -0.25) is 4.79 Å². The fraction of sp³-hybridized carbons (Fsp3) is 0.176. The van der Waals surface area contributed by atoms with Gasteiger partial charge in [0.25, 0.3) is 0 Å². The second kappa shape index (κ2) is 7.74. The second-order valence-electron chi connectivity index (χ2n) is 5.17. The van der Waals surface area contributed by atoms with E-state index in [1.165, 1.54) is 11.8 Å². The summed E-state index contributed by atoms with van der Waals surface area (Å²) in [6, 6.07) is 19.4. The molecule has 0 aliphatic carbocycles. The van der Waals surface area contributed by atoms with Crippen molar-refractivity contribution in [1.82, 2.24) is 25.5 Å². The number of carbonyl (C=O) groups is 1. The summed E-state index contributed by atoms with van der Waals surface area (Å²) < 4.78 is 1.63. The zero-order chi connectivity index (χ0) is 16.8. The number of amides is 1. The summed E-state index contributed by atoms with van der Waals surface area (Å²) >= 11 is 1.33. The maximum Gasteiger partial charge on any atom is 0.233 e. The van der Waals surface area contributed by atoms with Crippen LogP contribution in [0.25, 0.3) is 5.69 Å². The maximum atomic E-state index is 12.3. The van der Waals surface area contributed by atoms with Crippen molar-refractivity contribution in [2.75, 3.05) is 0 Å². The lowest BCUT2D eigenvalue weighted by molar-refractivity contribution is -0.120. The molecule has 0 aliphatic rings. The van der Waals surface area contributed by atoms with Crippen molar-refractivity contribution in [3.8, 4) is 5.69 Å². The second-order valence-corrected chi connectivity index (χ2v) is 6.48. The van der Waals surface area contributed by atoms with Gasteiger partial charge < -0.3 is 5.32 Å². The van der Waals surface area contributed by atoms with Gasteiger partial charge in [0.15, 0.2) is 0 Å². The molecule has 7 heteroatoms. The van der Waals surface area contributed by atoms with Gasteiger partial charge in [-0.2, -0.15) is 4.68 Å². The smallest absolute Gasteiger partial charge is 0.233 e. The van der Waals surface area contributed by atoms with E-state index in [0.717, 1.165) is 11.3 Å². The zero-order valence-electron chi connectivity index (χ0n) is 13.2. The Labute approximate surface area is 144 Å². The minimum Gasteiger partial charge on any atom is -0.351 e. The van der Waals surface area contributed by atoms with Crippen molar-refractivity contribution in [3.63, 3.8) is 0 Å². The van der Waals surface area contributed by atoms with Crippen LogP contribution in [0.15, 0.2) is 65.8 Å². The van der Waals surface area contributed by atoms with E-state index in [-0.39, 0.29) is 11.2 Å². The lowest BCUT2D eigenvalue weighted by atomic mass is 10.2. The monoisotopic (exact) mass is 339 g/mol. The molecule has 6 nitrogen and oxygen atoms in total. The van der Waals surface area contributed by atoms with Gasteiger partial charge in [-0.05, 0) is 35.0 Å². The van der Waals surface area contributed by atoms with Crippen LogP contribution in [-0.2, 0) is 11.3 Å². The molecular weight excluding hydrogens is 322 g/mol. The van der Waals surface area contributed by atoms with Crippen LogP contribution in [0, 0.1) is 0 Å². The minimum absolute atomic E-state index is 0.0496. The van der Waals surface area contributed by atoms with E-state index in [4.69, 9.17) is 0 Å². The number of thioether (sulfide) groups is 1. The fourth-order valence-corrected chi connectivity index (χ4v) is 2.96. The molecule has 0 saturated heterocycles. The number of nitrogens with one attached hydrogen (secondary N) is 1. The Morgan fingerprint density at radius 2 is 1.79 bits per heavy atom. The summed E-state index contributed by atoms with van der Waals surface area (Å²) in [5.41, 5.74) is 1.93. The zero-order valence-corrected chi connectivity index (χ0v) is 14.0. The molecule has 1 aromatic heterocycles. The number of benzene rings is 2. The van der Waals surface area contributed by atoms with Gasteiger partial charge in [-0.1, -0.05) is 60.3 Å². The molecule has 0 radical (unpaired) electrons. The molecule has 0 aliphatic heterocycles. The Hall–Kier alpha value is -2.67. The average molecular weight is 339 g/mol. The van der Waals surface area contributed by atoms with Gasteiger partial charge in [0.05, 0.1) is 10.9 Å². The first-order chi connectivity index (χ1) is 11.7. The third kappa shape index (κ3) is 3.99. The highest BCUT2D eigenvalue weighted by atomic mass is 32.2. The number of nitrogens with zero attached hydrogens (tertiary/aromatic N) is 4. The number of tetrazole rings is 1. The van der Waals surface area contributed by atoms with Crippen molar-refractivity contribution in [2.45, 2.75) is 23.9 Å². The number of hydrogen-bond donors (Lipinski definition) is 1. The number of para-hydroxylation sites is 1. The van der Waals surface area contributed by atoms with Crippen molar-refractivity contribution < 1.29 is 4.79 Å². The molecule has 3 rings (SSSR count). The van der Waals surface area contributed by atoms with Crippen LogP contribution >= 0.6 is 11.8 Å². The van der Waals surface area contributed by atoms with Crippen molar-refractivity contribution in [3.05, 3.63) is 66.2 Å². The standard InChI is InChI=1S/C17H17N5OS/c1-13(16(23)18-12-14-8-4-2-5-9-14)24-17-19-20-21-22(17)15-10-6-3-7-11-15/h2-11,13H,12H2,1H3,(H,18,23). The molecule has 0 bridgehead atoms. The van der Waals surface area contributed by atoms with E-state index < -0.39 is 0 Å². The third-order valence-corrected chi connectivity index (χ3v) is 4.44. The van der Waals surface area contributed by atoms with E-state index >= 15 is 0 Å². The van der Waals surface area contributed by atoms with E-state index in [2.05, 4.69) is 20.8 Å². The molecule has 3 aromatic rings. The van der Waals surface area contributed by atoms with Crippen LogP contribution in [0.3, 0.4) is 0 Å². The van der Waals surface area contributed by atoms with Crippen LogP contribution in [-0.4, -0.2) is 31.4 Å². The third-order valence-electron chi connectivity index (χ3n) is 3.40. The summed E-state index contributed by atoms with van der Waals surface area (Å²) in [5, 5.41) is 14.9. The van der Waals surface area contributed by atoms with Crippen LogP contribution in [0.2, 0.25) is 0 Å². The Morgan fingerprint density at radius 1 is 1.12 bits per heavy atom. The van der Waals surface area contributed by atoms with E-state index in [1.54, 1.807) is 4.68 Å². The molecule has 1 heterocycles. The van der Waals surface area contributed by atoms with Gasteiger partial charge in [0.1, 0.15) is 0 Å². The summed E-state index contributed by atoms with van der Waals surface area (Å²) in [7, 11) is 0. The van der Waals surface area contributed by atoms with Gasteiger partial charge in [-0.25, -0.2) is 0 Å². The molecule has 0 saturated carbocycles. The van der Waals surface area contributed by atoms with E-state index in [1.807, 2.05) is 67.6 Å². The summed E-state index contributed by atoms with van der Waals surface area (Å²) in [5.74, 6) is -0.0496. The van der Waals surface area contributed by atoms with Crippen molar-refractivity contribution in [1.29, 1.82) is 0 Å². The molecule has 2 aromatic carbocycles. The average Bonchev–Trinajstić information content (AvgIpc) is 3.09. The predicted octanol–water partition coefficient (Wildman–Crippen LogP) is 2.46. The van der Waals surface area contributed by atoms with Crippen LogP contribution in [0.1, 0.15) is 12.5 Å². The molecule has 122 valence electrons. The predicted molar refractivity (Wildman–Crippen MR) is 92.8 cm³/mol. The highest BCUT2D eigenvalue weighted by Gasteiger charge is 2.18. The topological polar surface area (TPSA) is 72.7 Å². The summed E-state index contributed by atoms with van der Waals surface area (Å²) in [4.78, 5) is 12.3. The highest BCUT2D eigenvalue weighted by molar-refractivity contribution is 8.00. The Kier molecular flexibility index (Phi) is 5.22. The quantitative estimate of drug-likeness (QED) is 0.699. The first-order valence-corrected chi connectivity index (χ1v) is 8.44. The summed E-state index contributed by atoms with van der Waals surface area (Å²) in [6.45, 7) is 2.35. The maximum absolute atomic E-state index is 12.3. The van der Waals surface area contributed by atoms with E-state index in [9.17, 15) is 4.79 Å². The largest absolute Gasteiger partial charge is 0.351 e. The number of carbonyl (C=O) groups excluding carboxylic acids is 1. The molecule has 1 unspecified atom stereocenters. The van der Waals surface area contributed by atoms with E-state index in [0.29, 0.717) is 11.7 Å². The first kappa shape index (κ1) is 16.2. The first-order valence-electron chi connectivity index (χ1n) is 7.56. The fourth-order valence-electron chi connectivity index (χ4n) is 2.12.